The first-order valence-corrected chi connectivity index (χ1v) is 9.34. The van der Waals surface area contributed by atoms with Gasteiger partial charge in [-0.2, -0.15) is 0 Å². The van der Waals surface area contributed by atoms with Gasteiger partial charge in [-0.3, -0.25) is 9.59 Å². The largest absolute Gasteiger partial charge is 0.481 e. The highest BCUT2D eigenvalue weighted by Crippen LogP contribution is 2.36. The van der Waals surface area contributed by atoms with Gasteiger partial charge in [-0.25, -0.2) is 0 Å². The fraction of sp³-hybridized carbons (Fsp3) is 0.476. The maximum atomic E-state index is 12.9. The lowest BCUT2D eigenvalue weighted by Crippen LogP contribution is -2.50. The number of carboxylic acid groups (broad SMARTS) is 1. The number of nitrogens with zero attached hydrogens (tertiary/aromatic N) is 2. The van der Waals surface area contributed by atoms with Crippen molar-refractivity contribution in [3.63, 3.8) is 0 Å². The Morgan fingerprint density at radius 2 is 1.85 bits per heavy atom. The highest BCUT2D eigenvalue weighted by atomic mass is 16.5. The second-order valence-electron chi connectivity index (χ2n) is 7.49. The molecule has 144 valence electrons. The van der Waals surface area contributed by atoms with Crippen LogP contribution >= 0.6 is 0 Å². The van der Waals surface area contributed by atoms with Crippen LogP contribution in [0.15, 0.2) is 34.9 Å². The molecule has 1 atom stereocenters. The fourth-order valence-corrected chi connectivity index (χ4v) is 3.99. The standard InChI is InChI=1S/C21H26N2O4/c1-14(13-18-15(2)22-27-16(18)3)19(24)23-11-9-21(10-12-23,20(25)26)17-7-5-4-6-8-17/h4-8,14H,9-13H2,1-3H3,(H,25,26). The number of rotatable bonds is 5. The van der Waals surface area contributed by atoms with Gasteiger partial charge in [0, 0.05) is 24.6 Å². The minimum absolute atomic E-state index is 0.0575. The Bertz CT molecular complexity index is 800. The van der Waals surface area contributed by atoms with Crippen LogP contribution in [0.5, 0.6) is 0 Å². The van der Waals surface area contributed by atoms with E-state index in [1.165, 1.54) is 0 Å². The van der Waals surface area contributed by atoms with Gasteiger partial charge in [-0.05, 0) is 38.7 Å². The van der Waals surface area contributed by atoms with Crippen molar-refractivity contribution in [2.45, 2.75) is 45.4 Å². The van der Waals surface area contributed by atoms with Gasteiger partial charge in [0.2, 0.25) is 5.91 Å². The molecule has 1 aromatic carbocycles. The molecular formula is C21H26N2O4. The summed E-state index contributed by atoms with van der Waals surface area (Å²) in [7, 11) is 0. The van der Waals surface area contributed by atoms with E-state index in [0.717, 1.165) is 22.6 Å². The second-order valence-corrected chi connectivity index (χ2v) is 7.49. The summed E-state index contributed by atoms with van der Waals surface area (Å²) in [5, 5.41) is 13.8. The summed E-state index contributed by atoms with van der Waals surface area (Å²) in [5.41, 5.74) is 1.70. The molecule has 3 rings (SSSR count). The number of benzene rings is 1. The molecule has 6 heteroatoms. The third kappa shape index (κ3) is 3.61. The Morgan fingerprint density at radius 1 is 1.22 bits per heavy atom. The van der Waals surface area contributed by atoms with Gasteiger partial charge in [0.25, 0.3) is 0 Å². The molecule has 0 spiro atoms. The van der Waals surface area contributed by atoms with Crippen molar-refractivity contribution in [3.05, 3.63) is 52.9 Å². The number of likely N-dealkylation sites (tertiary alicyclic amines) is 1. The number of carboxylic acids is 1. The zero-order chi connectivity index (χ0) is 19.6. The Labute approximate surface area is 159 Å². The lowest BCUT2D eigenvalue weighted by molar-refractivity contribution is -0.149. The maximum absolute atomic E-state index is 12.9. The Hall–Kier alpha value is -2.63. The van der Waals surface area contributed by atoms with E-state index in [1.807, 2.05) is 51.1 Å². The summed E-state index contributed by atoms with van der Waals surface area (Å²) in [4.78, 5) is 26.7. The third-order valence-electron chi connectivity index (χ3n) is 5.78. The topological polar surface area (TPSA) is 83.6 Å². The van der Waals surface area contributed by atoms with E-state index < -0.39 is 11.4 Å². The van der Waals surface area contributed by atoms with E-state index in [0.29, 0.717) is 32.4 Å². The molecule has 6 nitrogen and oxygen atoms in total. The number of hydrogen-bond acceptors (Lipinski definition) is 4. The first kappa shape index (κ1) is 19.1. The molecule has 1 aliphatic rings. The van der Waals surface area contributed by atoms with Gasteiger partial charge >= 0.3 is 5.97 Å². The Morgan fingerprint density at radius 3 is 2.37 bits per heavy atom. The van der Waals surface area contributed by atoms with E-state index in [4.69, 9.17) is 4.52 Å². The van der Waals surface area contributed by atoms with Crippen LogP contribution in [-0.4, -0.2) is 40.1 Å². The Balaban J connectivity index is 1.69. The van der Waals surface area contributed by atoms with Crippen molar-refractivity contribution in [3.8, 4) is 0 Å². The summed E-state index contributed by atoms with van der Waals surface area (Å²) < 4.78 is 5.18. The van der Waals surface area contributed by atoms with Crippen LogP contribution in [0.1, 0.15) is 42.3 Å². The molecule has 0 saturated carbocycles. The number of amides is 1. The first-order chi connectivity index (χ1) is 12.8. The molecule has 0 bridgehead atoms. The van der Waals surface area contributed by atoms with Crippen molar-refractivity contribution >= 4 is 11.9 Å². The molecule has 0 radical (unpaired) electrons. The van der Waals surface area contributed by atoms with Gasteiger partial charge in [-0.1, -0.05) is 42.4 Å². The summed E-state index contributed by atoms with van der Waals surface area (Å²) >= 11 is 0. The van der Waals surface area contributed by atoms with Crippen LogP contribution in [0.25, 0.3) is 0 Å². The SMILES string of the molecule is Cc1noc(C)c1CC(C)C(=O)N1CCC(C(=O)O)(c2ccccc2)CC1. The number of aliphatic carboxylic acids is 1. The van der Waals surface area contributed by atoms with Gasteiger partial charge in [0.05, 0.1) is 11.1 Å². The first-order valence-electron chi connectivity index (χ1n) is 9.34. The molecule has 1 fully saturated rings. The van der Waals surface area contributed by atoms with Crippen molar-refractivity contribution in [1.82, 2.24) is 10.1 Å². The lowest BCUT2D eigenvalue weighted by Gasteiger charge is -2.40. The molecule has 1 N–H and O–H groups in total. The quantitative estimate of drug-likeness (QED) is 0.874. The zero-order valence-corrected chi connectivity index (χ0v) is 16.1. The molecule has 27 heavy (non-hydrogen) atoms. The number of carbonyl (C=O) groups is 2. The van der Waals surface area contributed by atoms with Gasteiger partial charge < -0.3 is 14.5 Å². The monoisotopic (exact) mass is 370 g/mol. The minimum Gasteiger partial charge on any atom is -0.481 e. The number of hydrogen-bond donors (Lipinski definition) is 1. The summed E-state index contributed by atoms with van der Waals surface area (Å²) in [5.74, 6) is -0.206. The maximum Gasteiger partial charge on any atom is 0.314 e. The third-order valence-corrected chi connectivity index (χ3v) is 5.78. The van der Waals surface area contributed by atoms with Crippen LogP contribution in [0.4, 0.5) is 0 Å². The zero-order valence-electron chi connectivity index (χ0n) is 16.1. The van der Waals surface area contributed by atoms with E-state index in [9.17, 15) is 14.7 Å². The normalized spacial score (nSPS) is 17.5. The summed E-state index contributed by atoms with van der Waals surface area (Å²) in [6.45, 7) is 6.54. The number of piperidine rings is 1. The molecule has 0 aliphatic carbocycles. The number of aryl methyl sites for hydroxylation is 2. The predicted molar refractivity (Wildman–Crippen MR) is 100 cm³/mol. The van der Waals surface area contributed by atoms with Crippen LogP contribution < -0.4 is 0 Å². The second kappa shape index (κ2) is 7.55. The Kier molecular flexibility index (Phi) is 5.35. The molecule has 1 amide bonds. The fourth-order valence-electron chi connectivity index (χ4n) is 3.99. The lowest BCUT2D eigenvalue weighted by atomic mass is 9.72. The van der Waals surface area contributed by atoms with Crippen molar-refractivity contribution in [2.75, 3.05) is 13.1 Å². The highest BCUT2D eigenvalue weighted by Gasteiger charge is 2.44. The molecule has 2 aromatic rings. The molecule has 1 saturated heterocycles. The van der Waals surface area contributed by atoms with E-state index in [1.54, 1.807) is 4.90 Å². The van der Waals surface area contributed by atoms with Crippen LogP contribution in [-0.2, 0) is 21.4 Å². The smallest absolute Gasteiger partial charge is 0.314 e. The number of carbonyl (C=O) groups excluding carboxylic acids is 1. The molecule has 1 aromatic heterocycles. The van der Waals surface area contributed by atoms with Gasteiger partial charge in [0.15, 0.2) is 0 Å². The van der Waals surface area contributed by atoms with E-state index in [-0.39, 0.29) is 11.8 Å². The average molecular weight is 370 g/mol. The molecular weight excluding hydrogens is 344 g/mol. The van der Waals surface area contributed by atoms with Crippen LogP contribution in [0, 0.1) is 19.8 Å². The van der Waals surface area contributed by atoms with Crippen LogP contribution in [0.3, 0.4) is 0 Å². The highest BCUT2D eigenvalue weighted by molar-refractivity contribution is 5.83. The van der Waals surface area contributed by atoms with E-state index >= 15 is 0 Å². The summed E-state index contributed by atoms with van der Waals surface area (Å²) in [6, 6.07) is 9.35. The minimum atomic E-state index is -0.914. The van der Waals surface area contributed by atoms with Crippen molar-refractivity contribution < 1.29 is 19.2 Å². The predicted octanol–water partition coefficient (Wildman–Crippen LogP) is 3.12. The van der Waals surface area contributed by atoms with Crippen LogP contribution in [0.2, 0.25) is 0 Å². The van der Waals surface area contributed by atoms with Crippen molar-refractivity contribution in [2.24, 2.45) is 5.92 Å². The summed E-state index contributed by atoms with van der Waals surface area (Å²) in [6.07, 6.45) is 1.44. The molecule has 1 aliphatic heterocycles. The van der Waals surface area contributed by atoms with E-state index in [2.05, 4.69) is 5.16 Å². The molecule has 1 unspecified atom stereocenters. The van der Waals surface area contributed by atoms with Gasteiger partial charge in [0.1, 0.15) is 5.76 Å². The van der Waals surface area contributed by atoms with Crippen molar-refractivity contribution in [1.29, 1.82) is 0 Å². The average Bonchev–Trinajstić information content (AvgIpc) is 3.00. The number of aromatic nitrogens is 1. The molecule has 2 heterocycles. The van der Waals surface area contributed by atoms with Gasteiger partial charge in [-0.15, -0.1) is 0 Å².